The van der Waals surface area contributed by atoms with E-state index in [1.165, 1.54) is 19.3 Å². The number of unbranched alkanes of at least 4 members (excludes halogenated alkanes) is 7. The summed E-state index contributed by atoms with van der Waals surface area (Å²) in [4.78, 5) is 39.1. The van der Waals surface area contributed by atoms with E-state index in [-0.39, 0.29) is 24.3 Å². The number of carbonyl (C=O) groups is 3. The Labute approximate surface area is 188 Å². The number of rotatable bonds is 20. The lowest BCUT2D eigenvalue weighted by Gasteiger charge is -2.15. The largest absolute Gasteiger partial charge is 0.396 e. The molecule has 0 aromatic rings. The molecule has 178 valence electrons. The third-order valence-corrected chi connectivity index (χ3v) is 5.40. The smallest absolute Gasteiger partial charge is 0.355 e. The van der Waals surface area contributed by atoms with Crippen molar-refractivity contribution in [2.45, 2.75) is 96.8 Å². The molecule has 0 aliphatic heterocycles. The van der Waals surface area contributed by atoms with Crippen molar-refractivity contribution in [3.8, 4) is 0 Å². The van der Waals surface area contributed by atoms with Gasteiger partial charge in [-0.2, -0.15) is 5.48 Å². The van der Waals surface area contributed by atoms with E-state index in [0.717, 1.165) is 63.7 Å². The molecule has 0 radical (unpaired) electrons. The Kier molecular flexibility index (Phi) is 19.9. The van der Waals surface area contributed by atoms with Gasteiger partial charge in [-0.15, -0.1) is 0 Å². The minimum Gasteiger partial charge on any atom is -0.396 e. The number of hydroxylamine groups is 1. The van der Waals surface area contributed by atoms with E-state index in [4.69, 9.17) is 5.11 Å². The Morgan fingerprint density at radius 1 is 0.968 bits per heavy atom. The number of hydrogen-bond acceptors (Lipinski definition) is 5. The zero-order chi connectivity index (χ0) is 23.2. The number of carbonyl (C=O) groups excluding carboxylic acids is 3. The lowest BCUT2D eigenvalue weighted by molar-refractivity contribution is -0.155. The fourth-order valence-electron chi connectivity index (χ4n) is 3.44. The van der Waals surface area contributed by atoms with Gasteiger partial charge in [-0.1, -0.05) is 70.6 Å². The van der Waals surface area contributed by atoms with Crippen LogP contribution in [0.15, 0.2) is 24.8 Å². The quantitative estimate of drug-likeness (QED) is 0.0897. The van der Waals surface area contributed by atoms with Crippen LogP contribution in [0.1, 0.15) is 96.8 Å². The average molecular weight is 438 g/mol. The van der Waals surface area contributed by atoms with Crippen molar-refractivity contribution in [2.24, 2.45) is 11.8 Å². The van der Waals surface area contributed by atoms with Gasteiger partial charge in [0, 0.05) is 24.5 Å². The average Bonchev–Trinajstić information content (AvgIpc) is 2.79. The van der Waals surface area contributed by atoms with Crippen LogP contribution in [0.2, 0.25) is 0 Å². The number of amides is 1. The molecule has 0 bridgehead atoms. The molecule has 0 fully saturated rings. The predicted octanol–water partition coefficient (Wildman–Crippen LogP) is 5.21. The summed E-state index contributed by atoms with van der Waals surface area (Å²) in [7, 11) is 0. The molecule has 0 rings (SSSR count). The van der Waals surface area contributed by atoms with E-state index in [1.807, 2.05) is 0 Å². The zero-order valence-corrected chi connectivity index (χ0v) is 19.4. The number of aliphatic hydroxyl groups is 1. The molecule has 6 nitrogen and oxygen atoms in total. The first-order chi connectivity index (χ1) is 15.1. The zero-order valence-electron chi connectivity index (χ0n) is 19.4. The van der Waals surface area contributed by atoms with Crippen molar-refractivity contribution >= 4 is 18.2 Å². The van der Waals surface area contributed by atoms with E-state index >= 15 is 0 Å². The Hall–Kier alpha value is -1.95. The predicted molar refractivity (Wildman–Crippen MR) is 124 cm³/mol. The molecule has 1 amide bonds. The molecule has 0 spiro atoms. The molecule has 0 aliphatic rings. The number of aldehydes is 1. The Bertz CT molecular complexity index is 518. The SMILES string of the molecule is C=CC(=O)ONC(=O)C(CCCO)CCCCCCCC(C=O)CC=CCCCCC. The van der Waals surface area contributed by atoms with Crippen LogP contribution in [-0.2, 0) is 19.2 Å². The lowest BCUT2D eigenvalue weighted by atomic mass is 9.94. The summed E-state index contributed by atoms with van der Waals surface area (Å²) in [5.41, 5.74) is 2.17. The van der Waals surface area contributed by atoms with Crippen molar-refractivity contribution in [3.05, 3.63) is 24.8 Å². The maximum atomic E-state index is 12.2. The molecule has 0 saturated heterocycles. The summed E-state index contributed by atoms with van der Waals surface area (Å²) < 4.78 is 0. The molecule has 0 heterocycles. The second-order valence-corrected chi connectivity index (χ2v) is 8.10. The van der Waals surface area contributed by atoms with Gasteiger partial charge in [0.05, 0.1) is 0 Å². The van der Waals surface area contributed by atoms with E-state index in [2.05, 4.69) is 36.0 Å². The maximum absolute atomic E-state index is 12.2. The molecular formula is C25H43NO5. The highest BCUT2D eigenvalue weighted by atomic mass is 16.7. The lowest BCUT2D eigenvalue weighted by Crippen LogP contribution is -2.32. The van der Waals surface area contributed by atoms with Crippen LogP contribution < -0.4 is 5.48 Å². The van der Waals surface area contributed by atoms with Gasteiger partial charge in [0.1, 0.15) is 6.29 Å². The summed E-state index contributed by atoms with van der Waals surface area (Å²) in [6, 6.07) is 0. The first-order valence-corrected chi connectivity index (χ1v) is 11.9. The maximum Gasteiger partial charge on any atom is 0.355 e. The second kappa shape index (κ2) is 21.3. The van der Waals surface area contributed by atoms with Gasteiger partial charge < -0.3 is 14.7 Å². The van der Waals surface area contributed by atoms with Crippen LogP contribution in [0, 0.1) is 11.8 Å². The van der Waals surface area contributed by atoms with Crippen LogP contribution in [0.5, 0.6) is 0 Å². The van der Waals surface area contributed by atoms with E-state index in [0.29, 0.717) is 19.3 Å². The summed E-state index contributed by atoms with van der Waals surface area (Å²) in [5, 5.41) is 9.03. The van der Waals surface area contributed by atoms with Crippen LogP contribution >= 0.6 is 0 Å². The first-order valence-electron chi connectivity index (χ1n) is 11.9. The van der Waals surface area contributed by atoms with Gasteiger partial charge in [-0.25, -0.2) is 4.79 Å². The normalized spacial score (nSPS) is 13.0. The molecule has 0 aromatic heterocycles. The molecule has 2 atom stereocenters. The minimum absolute atomic E-state index is 0.0298. The Morgan fingerprint density at radius 3 is 2.29 bits per heavy atom. The minimum atomic E-state index is -0.699. The van der Waals surface area contributed by atoms with Gasteiger partial charge in [-0.05, 0) is 44.9 Å². The number of allylic oxidation sites excluding steroid dienone is 2. The third-order valence-electron chi connectivity index (χ3n) is 5.40. The van der Waals surface area contributed by atoms with E-state index < -0.39 is 5.97 Å². The number of nitrogens with one attached hydrogen (secondary N) is 1. The van der Waals surface area contributed by atoms with Crippen LogP contribution in [0.3, 0.4) is 0 Å². The van der Waals surface area contributed by atoms with E-state index in [1.54, 1.807) is 0 Å². The van der Waals surface area contributed by atoms with Crippen molar-refractivity contribution in [2.75, 3.05) is 6.61 Å². The highest BCUT2D eigenvalue weighted by Crippen LogP contribution is 2.18. The Morgan fingerprint density at radius 2 is 1.65 bits per heavy atom. The molecule has 2 N–H and O–H groups in total. The van der Waals surface area contributed by atoms with Crippen molar-refractivity contribution in [1.82, 2.24) is 5.48 Å². The monoisotopic (exact) mass is 437 g/mol. The summed E-state index contributed by atoms with van der Waals surface area (Å²) in [5.74, 6) is -1.20. The van der Waals surface area contributed by atoms with Gasteiger partial charge in [0.25, 0.3) is 5.91 Å². The molecule has 0 aliphatic carbocycles. The molecule has 2 unspecified atom stereocenters. The summed E-state index contributed by atoms with van der Waals surface area (Å²) >= 11 is 0. The standard InChI is InChI=1S/C25H43NO5/c1-3-5-6-7-9-12-16-22(21-28)17-13-10-8-11-14-18-23(19-15-20-27)25(30)26-31-24(29)4-2/h4,9,12,21-23,27H,2-3,5-8,10-11,13-20H2,1H3,(H,26,30). The molecular weight excluding hydrogens is 394 g/mol. The summed E-state index contributed by atoms with van der Waals surface area (Å²) in [6.45, 7) is 5.51. The van der Waals surface area contributed by atoms with Crippen LogP contribution in [0.4, 0.5) is 0 Å². The number of hydrogen-bond donors (Lipinski definition) is 2. The second-order valence-electron chi connectivity index (χ2n) is 8.10. The molecule has 0 saturated carbocycles. The van der Waals surface area contributed by atoms with Gasteiger partial charge in [-0.3, -0.25) is 4.79 Å². The van der Waals surface area contributed by atoms with Crippen molar-refractivity contribution in [3.63, 3.8) is 0 Å². The fourth-order valence-corrected chi connectivity index (χ4v) is 3.44. The summed E-state index contributed by atoms with van der Waals surface area (Å²) in [6.07, 6.45) is 19.9. The van der Waals surface area contributed by atoms with Crippen LogP contribution in [0.25, 0.3) is 0 Å². The van der Waals surface area contributed by atoms with Gasteiger partial charge in [0.15, 0.2) is 0 Å². The van der Waals surface area contributed by atoms with E-state index in [9.17, 15) is 14.4 Å². The third kappa shape index (κ3) is 17.4. The first kappa shape index (κ1) is 29.1. The van der Waals surface area contributed by atoms with Crippen molar-refractivity contribution in [1.29, 1.82) is 0 Å². The van der Waals surface area contributed by atoms with Gasteiger partial charge in [0.2, 0.25) is 0 Å². The van der Waals surface area contributed by atoms with Crippen LogP contribution in [-0.4, -0.2) is 29.9 Å². The molecule has 0 aromatic carbocycles. The molecule has 31 heavy (non-hydrogen) atoms. The number of aliphatic hydroxyl groups excluding tert-OH is 1. The topological polar surface area (TPSA) is 92.7 Å². The van der Waals surface area contributed by atoms with Crippen molar-refractivity contribution < 1.29 is 24.3 Å². The highest BCUT2D eigenvalue weighted by Gasteiger charge is 2.18. The van der Waals surface area contributed by atoms with Gasteiger partial charge >= 0.3 is 5.97 Å². The fraction of sp³-hybridized carbons (Fsp3) is 0.720. The molecule has 6 heteroatoms. The highest BCUT2D eigenvalue weighted by molar-refractivity contribution is 5.84. The Balaban J connectivity index is 3.97.